The first-order chi connectivity index (χ1) is 8.83. The Morgan fingerprint density at radius 2 is 2.11 bits per heavy atom. The van der Waals surface area contributed by atoms with Crippen molar-refractivity contribution >= 4 is 11.8 Å². The molecule has 0 aromatic heterocycles. The van der Waals surface area contributed by atoms with Crippen LogP contribution in [-0.2, 0) is 0 Å². The predicted molar refractivity (Wildman–Crippen MR) is 80.4 cm³/mol. The number of hydrogen-bond acceptors (Lipinski definition) is 2. The van der Waals surface area contributed by atoms with Crippen molar-refractivity contribution in [1.82, 2.24) is 5.32 Å². The number of thioether (sulfide) groups is 1. The zero-order valence-electron chi connectivity index (χ0n) is 11.2. The molecule has 1 N–H and O–H groups in total. The second-order valence-corrected chi connectivity index (χ2v) is 7.01. The largest absolute Gasteiger partial charge is 0.314 e. The van der Waals surface area contributed by atoms with Crippen LogP contribution in [0.4, 0.5) is 0 Å². The van der Waals surface area contributed by atoms with E-state index in [1.54, 1.807) is 5.56 Å². The average Bonchev–Trinajstić information content (AvgIpc) is 2.82. The SMILES string of the molecule is Cc1ccccc1C1CC(NCC2CCSC2)C1. The third-order valence-electron chi connectivity index (χ3n) is 4.49. The first-order valence-corrected chi connectivity index (χ1v) is 8.35. The quantitative estimate of drug-likeness (QED) is 0.889. The van der Waals surface area contributed by atoms with Crippen molar-refractivity contribution in [2.24, 2.45) is 5.92 Å². The van der Waals surface area contributed by atoms with E-state index < -0.39 is 0 Å². The summed E-state index contributed by atoms with van der Waals surface area (Å²) in [6, 6.07) is 9.65. The highest BCUT2D eigenvalue weighted by Gasteiger charge is 2.31. The summed E-state index contributed by atoms with van der Waals surface area (Å²) < 4.78 is 0. The van der Waals surface area contributed by atoms with Crippen LogP contribution >= 0.6 is 11.8 Å². The van der Waals surface area contributed by atoms with Gasteiger partial charge in [-0.05, 0) is 67.2 Å². The molecular formula is C16H23NS. The molecule has 1 aromatic rings. The maximum Gasteiger partial charge on any atom is 0.00788 e. The lowest BCUT2D eigenvalue weighted by Crippen LogP contribution is -2.42. The van der Waals surface area contributed by atoms with Crippen molar-refractivity contribution in [3.05, 3.63) is 35.4 Å². The lowest BCUT2D eigenvalue weighted by Gasteiger charge is -2.37. The topological polar surface area (TPSA) is 12.0 Å². The summed E-state index contributed by atoms with van der Waals surface area (Å²) in [4.78, 5) is 0. The van der Waals surface area contributed by atoms with Crippen LogP contribution in [0.3, 0.4) is 0 Å². The van der Waals surface area contributed by atoms with Gasteiger partial charge in [-0.15, -0.1) is 0 Å². The van der Waals surface area contributed by atoms with E-state index in [0.717, 1.165) is 17.9 Å². The van der Waals surface area contributed by atoms with Crippen molar-refractivity contribution in [2.75, 3.05) is 18.1 Å². The van der Waals surface area contributed by atoms with Gasteiger partial charge in [0.15, 0.2) is 0 Å². The molecule has 1 unspecified atom stereocenters. The summed E-state index contributed by atoms with van der Waals surface area (Å²) in [7, 11) is 0. The lowest BCUT2D eigenvalue weighted by atomic mass is 9.74. The molecule has 1 aromatic carbocycles. The van der Waals surface area contributed by atoms with Gasteiger partial charge < -0.3 is 5.32 Å². The summed E-state index contributed by atoms with van der Waals surface area (Å²) >= 11 is 2.12. The van der Waals surface area contributed by atoms with Gasteiger partial charge >= 0.3 is 0 Å². The molecule has 2 heteroatoms. The van der Waals surface area contributed by atoms with Crippen molar-refractivity contribution < 1.29 is 0 Å². The fourth-order valence-corrected chi connectivity index (χ4v) is 4.45. The van der Waals surface area contributed by atoms with Crippen LogP contribution < -0.4 is 5.32 Å². The number of aryl methyl sites for hydroxylation is 1. The standard InChI is InChI=1S/C16H23NS/c1-12-4-2-3-5-16(12)14-8-15(9-14)17-10-13-6-7-18-11-13/h2-5,13-15,17H,6-11H2,1H3. The van der Waals surface area contributed by atoms with Gasteiger partial charge in [-0.2, -0.15) is 11.8 Å². The summed E-state index contributed by atoms with van der Waals surface area (Å²) in [6.07, 6.45) is 4.10. The normalized spacial score (nSPS) is 31.3. The highest BCUT2D eigenvalue weighted by Crippen LogP contribution is 2.38. The molecule has 0 bridgehead atoms. The van der Waals surface area contributed by atoms with E-state index in [1.165, 1.54) is 42.9 Å². The smallest absolute Gasteiger partial charge is 0.00788 e. The van der Waals surface area contributed by atoms with Crippen molar-refractivity contribution in [3.63, 3.8) is 0 Å². The summed E-state index contributed by atoms with van der Waals surface area (Å²) in [5, 5.41) is 3.77. The number of nitrogens with one attached hydrogen (secondary N) is 1. The molecule has 18 heavy (non-hydrogen) atoms. The molecule has 1 aliphatic heterocycles. The monoisotopic (exact) mass is 261 g/mol. The highest BCUT2D eigenvalue weighted by atomic mass is 32.2. The molecule has 2 fully saturated rings. The predicted octanol–water partition coefficient (Wildman–Crippen LogP) is 3.58. The summed E-state index contributed by atoms with van der Waals surface area (Å²) in [5.41, 5.74) is 3.04. The van der Waals surface area contributed by atoms with Crippen molar-refractivity contribution in [2.45, 2.75) is 38.1 Å². The van der Waals surface area contributed by atoms with Gasteiger partial charge in [-0.1, -0.05) is 24.3 Å². The van der Waals surface area contributed by atoms with Gasteiger partial charge in [0.1, 0.15) is 0 Å². The van der Waals surface area contributed by atoms with Crippen LogP contribution in [0.5, 0.6) is 0 Å². The van der Waals surface area contributed by atoms with Gasteiger partial charge in [0, 0.05) is 6.04 Å². The molecule has 98 valence electrons. The lowest BCUT2D eigenvalue weighted by molar-refractivity contribution is 0.279. The molecule has 1 nitrogen and oxygen atoms in total. The fourth-order valence-electron chi connectivity index (χ4n) is 3.16. The second kappa shape index (κ2) is 5.66. The zero-order chi connectivity index (χ0) is 12.4. The third kappa shape index (κ3) is 2.75. The minimum atomic E-state index is 0.778. The average molecular weight is 261 g/mol. The Morgan fingerprint density at radius 3 is 2.83 bits per heavy atom. The van der Waals surface area contributed by atoms with E-state index in [1.807, 2.05) is 0 Å². The molecule has 0 radical (unpaired) electrons. The van der Waals surface area contributed by atoms with E-state index in [4.69, 9.17) is 0 Å². The number of hydrogen-bond donors (Lipinski definition) is 1. The second-order valence-electron chi connectivity index (χ2n) is 5.86. The van der Waals surface area contributed by atoms with Gasteiger partial charge in [0.25, 0.3) is 0 Å². The minimum Gasteiger partial charge on any atom is -0.314 e. The van der Waals surface area contributed by atoms with Gasteiger partial charge in [0.2, 0.25) is 0 Å². The van der Waals surface area contributed by atoms with E-state index in [2.05, 4.69) is 48.3 Å². The summed E-state index contributed by atoms with van der Waals surface area (Å²) in [6.45, 7) is 3.49. The van der Waals surface area contributed by atoms with E-state index in [9.17, 15) is 0 Å². The van der Waals surface area contributed by atoms with Crippen LogP contribution in [-0.4, -0.2) is 24.1 Å². The Labute approximate surface area is 115 Å². The Bertz CT molecular complexity index is 392. The van der Waals surface area contributed by atoms with Crippen LogP contribution in [0.15, 0.2) is 24.3 Å². The van der Waals surface area contributed by atoms with Crippen LogP contribution in [0, 0.1) is 12.8 Å². The molecule has 3 rings (SSSR count). The van der Waals surface area contributed by atoms with Crippen molar-refractivity contribution in [1.29, 1.82) is 0 Å². The Hall–Kier alpha value is -0.470. The molecular weight excluding hydrogens is 238 g/mol. The molecule has 1 saturated carbocycles. The Morgan fingerprint density at radius 1 is 1.28 bits per heavy atom. The maximum absolute atomic E-state index is 3.77. The fraction of sp³-hybridized carbons (Fsp3) is 0.625. The van der Waals surface area contributed by atoms with Crippen LogP contribution in [0.2, 0.25) is 0 Å². The van der Waals surface area contributed by atoms with Gasteiger partial charge in [0.05, 0.1) is 0 Å². The summed E-state index contributed by atoms with van der Waals surface area (Å²) in [5.74, 6) is 4.50. The number of rotatable bonds is 4. The molecule has 1 saturated heterocycles. The zero-order valence-corrected chi connectivity index (χ0v) is 12.0. The van der Waals surface area contributed by atoms with E-state index >= 15 is 0 Å². The first kappa shape index (κ1) is 12.6. The number of benzene rings is 1. The van der Waals surface area contributed by atoms with Crippen molar-refractivity contribution in [3.8, 4) is 0 Å². The minimum absolute atomic E-state index is 0.778. The van der Waals surface area contributed by atoms with E-state index in [0.29, 0.717) is 0 Å². The molecule has 0 amide bonds. The Balaban J connectivity index is 1.44. The molecule has 1 heterocycles. The van der Waals surface area contributed by atoms with Crippen LogP contribution in [0.1, 0.15) is 36.3 Å². The molecule has 2 aliphatic rings. The third-order valence-corrected chi connectivity index (χ3v) is 5.72. The molecule has 1 aliphatic carbocycles. The first-order valence-electron chi connectivity index (χ1n) is 7.19. The van der Waals surface area contributed by atoms with Gasteiger partial charge in [-0.25, -0.2) is 0 Å². The van der Waals surface area contributed by atoms with Crippen LogP contribution in [0.25, 0.3) is 0 Å². The molecule has 0 spiro atoms. The molecule has 1 atom stereocenters. The van der Waals surface area contributed by atoms with E-state index in [-0.39, 0.29) is 0 Å². The Kier molecular flexibility index (Phi) is 3.95. The highest BCUT2D eigenvalue weighted by molar-refractivity contribution is 7.99. The van der Waals surface area contributed by atoms with Gasteiger partial charge in [-0.3, -0.25) is 0 Å². The maximum atomic E-state index is 3.77.